The zero-order valence-corrected chi connectivity index (χ0v) is 8.56. The molecule has 15 heavy (non-hydrogen) atoms. The van der Waals surface area contributed by atoms with Crippen LogP contribution in [0, 0.1) is 0 Å². The van der Waals surface area contributed by atoms with Crippen LogP contribution >= 0.6 is 0 Å². The Morgan fingerprint density at radius 1 is 1.33 bits per heavy atom. The van der Waals surface area contributed by atoms with Crippen LogP contribution in [0.15, 0.2) is 29.4 Å². The molecule has 0 N–H and O–H groups in total. The molecule has 1 atom stereocenters. The van der Waals surface area contributed by atoms with E-state index in [-0.39, 0.29) is 11.9 Å². The van der Waals surface area contributed by atoms with Crippen LogP contribution < -0.4 is 4.74 Å². The van der Waals surface area contributed by atoms with Crippen LogP contribution in [-0.2, 0) is 9.63 Å². The molecular weight excluding hydrogens is 194 g/mol. The van der Waals surface area contributed by atoms with Crippen molar-refractivity contribution in [2.24, 2.45) is 5.16 Å². The highest BCUT2D eigenvalue weighted by Crippen LogP contribution is 2.25. The molecule has 4 nitrogen and oxygen atoms in total. The van der Waals surface area contributed by atoms with Crippen molar-refractivity contribution >= 4 is 11.7 Å². The smallest absolute Gasteiger partial charge is 0.348 e. The van der Waals surface area contributed by atoms with Gasteiger partial charge < -0.3 is 9.57 Å². The highest BCUT2D eigenvalue weighted by Gasteiger charge is 2.31. The molecule has 2 rings (SSSR count). The lowest BCUT2D eigenvalue weighted by atomic mass is 9.96. The number of oxime groups is 1. The van der Waals surface area contributed by atoms with Crippen molar-refractivity contribution in [3.63, 3.8) is 0 Å². The van der Waals surface area contributed by atoms with Gasteiger partial charge in [-0.05, 0) is 24.6 Å². The van der Waals surface area contributed by atoms with Gasteiger partial charge in [-0.1, -0.05) is 17.3 Å². The second-order valence-corrected chi connectivity index (χ2v) is 3.35. The minimum atomic E-state index is -0.365. The summed E-state index contributed by atoms with van der Waals surface area (Å²) < 4.78 is 5.04. The van der Waals surface area contributed by atoms with E-state index < -0.39 is 0 Å². The predicted octanol–water partition coefficient (Wildman–Crippen LogP) is 1.71. The molecule has 0 bridgehead atoms. The lowest BCUT2D eigenvalue weighted by Crippen LogP contribution is -2.13. The van der Waals surface area contributed by atoms with Crippen molar-refractivity contribution in [3.8, 4) is 5.75 Å². The summed E-state index contributed by atoms with van der Waals surface area (Å²) in [5, 5.41) is 3.65. The van der Waals surface area contributed by atoms with E-state index >= 15 is 0 Å². The topological polar surface area (TPSA) is 47.9 Å². The van der Waals surface area contributed by atoms with Crippen LogP contribution in [0.25, 0.3) is 0 Å². The number of carbonyl (C=O) groups excluding carboxylic acids is 1. The third kappa shape index (κ3) is 1.70. The number of carbonyl (C=O) groups is 1. The van der Waals surface area contributed by atoms with Crippen LogP contribution in [0.3, 0.4) is 0 Å². The van der Waals surface area contributed by atoms with Gasteiger partial charge in [-0.15, -0.1) is 0 Å². The van der Waals surface area contributed by atoms with E-state index in [1.807, 2.05) is 24.3 Å². The van der Waals surface area contributed by atoms with Gasteiger partial charge in [0.2, 0.25) is 0 Å². The van der Waals surface area contributed by atoms with Gasteiger partial charge in [0, 0.05) is 0 Å². The van der Waals surface area contributed by atoms with E-state index in [0.29, 0.717) is 5.71 Å². The average molecular weight is 205 g/mol. The van der Waals surface area contributed by atoms with Gasteiger partial charge in [0.05, 0.1) is 12.8 Å². The second kappa shape index (κ2) is 3.73. The molecule has 1 heterocycles. The van der Waals surface area contributed by atoms with Crippen molar-refractivity contribution in [3.05, 3.63) is 29.8 Å². The Kier molecular flexibility index (Phi) is 2.41. The van der Waals surface area contributed by atoms with E-state index in [1.165, 1.54) is 0 Å². The molecule has 1 aromatic rings. The third-order valence-corrected chi connectivity index (χ3v) is 2.38. The number of methoxy groups -OCH3 is 1. The Balaban J connectivity index is 2.29. The van der Waals surface area contributed by atoms with Gasteiger partial charge in [-0.3, -0.25) is 0 Å². The van der Waals surface area contributed by atoms with E-state index in [9.17, 15) is 4.79 Å². The number of rotatable bonds is 2. The number of nitrogens with zero attached hydrogens (tertiary/aromatic N) is 1. The average Bonchev–Trinajstić information content (AvgIpc) is 2.59. The van der Waals surface area contributed by atoms with Crippen LogP contribution in [-0.4, -0.2) is 18.8 Å². The van der Waals surface area contributed by atoms with Gasteiger partial charge in [-0.2, -0.15) is 0 Å². The van der Waals surface area contributed by atoms with Crippen molar-refractivity contribution in [1.29, 1.82) is 0 Å². The second-order valence-electron chi connectivity index (χ2n) is 3.35. The zero-order chi connectivity index (χ0) is 10.8. The molecule has 0 aliphatic carbocycles. The molecule has 0 saturated carbocycles. The summed E-state index contributed by atoms with van der Waals surface area (Å²) in [6.07, 6.45) is 0. The molecule has 0 saturated heterocycles. The van der Waals surface area contributed by atoms with Gasteiger partial charge in [0.15, 0.2) is 0 Å². The lowest BCUT2D eigenvalue weighted by molar-refractivity contribution is -0.141. The molecule has 0 aromatic heterocycles. The maximum Gasteiger partial charge on any atom is 0.348 e. The van der Waals surface area contributed by atoms with Gasteiger partial charge in [-0.25, -0.2) is 4.79 Å². The number of hydrogen-bond acceptors (Lipinski definition) is 4. The Morgan fingerprint density at radius 2 is 2.00 bits per heavy atom. The Labute approximate surface area is 87.5 Å². The summed E-state index contributed by atoms with van der Waals surface area (Å²) >= 11 is 0. The fourth-order valence-electron chi connectivity index (χ4n) is 1.57. The Bertz CT molecular complexity index is 408. The summed E-state index contributed by atoms with van der Waals surface area (Å²) in [7, 11) is 1.60. The summed E-state index contributed by atoms with van der Waals surface area (Å²) in [6, 6.07) is 7.31. The SMILES string of the molecule is COc1ccc([C@H]2C(=O)ON=C2C)cc1. The maximum absolute atomic E-state index is 11.4. The molecule has 0 spiro atoms. The molecule has 0 radical (unpaired) electrons. The fourth-order valence-corrected chi connectivity index (χ4v) is 1.57. The summed E-state index contributed by atoms with van der Waals surface area (Å²) in [5.41, 5.74) is 1.56. The molecule has 1 aromatic carbocycles. The van der Waals surface area contributed by atoms with E-state index in [4.69, 9.17) is 4.74 Å². The normalized spacial score (nSPS) is 19.7. The molecule has 0 unspecified atom stereocenters. The van der Waals surface area contributed by atoms with Crippen LogP contribution in [0.2, 0.25) is 0 Å². The fraction of sp³-hybridized carbons (Fsp3) is 0.273. The molecule has 1 aliphatic heterocycles. The maximum atomic E-state index is 11.4. The summed E-state index contributed by atoms with van der Waals surface area (Å²) in [5.74, 6) is 0.0771. The number of hydrogen-bond donors (Lipinski definition) is 0. The third-order valence-electron chi connectivity index (χ3n) is 2.38. The standard InChI is InChI=1S/C11H11NO3/c1-7-10(11(13)15-12-7)8-3-5-9(14-2)6-4-8/h3-6,10H,1-2H3/t10-/m0/s1. The summed E-state index contributed by atoms with van der Waals surface area (Å²) in [4.78, 5) is 16.0. The van der Waals surface area contributed by atoms with Crippen molar-refractivity contribution in [2.75, 3.05) is 7.11 Å². The minimum Gasteiger partial charge on any atom is -0.497 e. The van der Waals surface area contributed by atoms with Crippen LogP contribution in [0.1, 0.15) is 18.4 Å². The quantitative estimate of drug-likeness (QED) is 0.690. The van der Waals surface area contributed by atoms with E-state index in [0.717, 1.165) is 11.3 Å². The van der Waals surface area contributed by atoms with E-state index in [1.54, 1.807) is 14.0 Å². The van der Waals surface area contributed by atoms with Crippen LogP contribution in [0.5, 0.6) is 5.75 Å². The first-order chi connectivity index (χ1) is 7.22. The monoisotopic (exact) mass is 205 g/mol. The molecule has 0 amide bonds. The van der Waals surface area contributed by atoms with Gasteiger partial charge in [0.1, 0.15) is 11.7 Å². The Hall–Kier alpha value is -1.84. The molecule has 4 heteroatoms. The Morgan fingerprint density at radius 3 is 2.47 bits per heavy atom. The zero-order valence-electron chi connectivity index (χ0n) is 8.56. The van der Waals surface area contributed by atoms with Crippen molar-refractivity contribution in [1.82, 2.24) is 0 Å². The molecule has 1 aliphatic rings. The lowest BCUT2D eigenvalue weighted by Gasteiger charge is -2.07. The van der Waals surface area contributed by atoms with Gasteiger partial charge >= 0.3 is 5.97 Å². The highest BCUT2D eigenvalue weighted by molar-refractivity contribution is 6.08. The predicted molar refractivity (Wildman–Crippen MR) is 54.9 cm³/mol. The molecule has 0 fully saturated rings. The first-order valence-corrected chi connectivity index (χ1v) is 4.61. The van der Waals surface area contributed by atoms with Gasteiger partial charge in [0.25, 0.3) is 0 Å². The molecule has 78 valence electrons. The first-order valence-electron chi connectivity index (χ1n) is 4.61. The van der Waals surface area contributed by atoms with E-state index in [2.05, 4.69) is 9.99 Å². The minimum absolute atomic E-state index is 0.322. The highest BCUT2D eigenvalue weighted by atomic mass is 16.7. The largest absolute Gasteiger partial charge is 0.497 e. The molecular formula is C11H11NO3. The first kappa shape index (κ1) is 9.71. The summed E-state index contributed by atoms with van der Waals surface area (Å²) in [6.45, 7) is 1.78. The van der Waals surface area contributed by atoms with Crippen molar-refractivity contribution < 1.29 is 14.4 Å². The van der Waals surface area contributed by atoms with Crippen molar-refractivity contribution in [2.45, 2.75) is 12.8 Å². The number of benzene rings is 1. The van der Waals surface area contributed by atoms with Crippen LogP contribution in [0.4, 0.5) is 0 Å². The number of ether oxygens (including phenoxy) is 1.